The van der Waals surface area contributed by atoms with Crippen LogP contribution < -0.4 is 4.74 Å². The molecule has 0 saturated carbocycles. The summed E-state index contributed by atoms with van der Waals surface area (Å²) in [5.41, 5.74) is 5.46. The molecule has 0 aliphatic heterocycles. The second-order valence-electron chi connectivity index (χ2n) is 7.40. The Kier molecular flexibility index (Phi) is 5.29. The van der Waals surface area contributed by atoms with Crippen molar-refractivity contribution >= 4 is 10.9 Å². The van der Waals surface area contributed by atoms with Gasteiger partial charge in [-0.25, -0.2) is 4.39 Å². The molecule has 0 unspecified atom stereocenters. The van der Waals surface area contributed by atoms with Crippen LogP contribution in [0.25, 0.3) is 33.4 Å². The van der Waals surface area contributed by atoms with Crippen LogP contribution in [-0.2, 0) is 13.0 Å². The number of aromatic nitrogens is 5. The first-order valence-electron chi connectivity index (χ1n) is 10.4. The van der Waals surface area contributed by atoms with E-state index in [0.29, 0.717) is 29.1 Å². The van der Waals surface area contributed by atoms with Crippen LogP contribution in [0.15, 0.2) is 72.8 Å². The molecule has 0 spiro atoms. The molecule has 0 aliphatic rings. The Morgan fingerprint density at radius 3 is 2.59 bits per heavy atom. The molecule has 0 aliphatic carbocycles. The van der Waals surface area contributed by atoms with Gasteiger partial charge in [0, 0.05) is 22.7 Å². The number of aryl methyl sites for hydroxylation is 1. The van der Waals surface area contributed by atoms with E-state index in [1.807, 2.05) is 61.5 Å². The molecule has 7 heteroatoms. The summed E-state index contributed by atoms with van der Waals surface area (Å²) < 4.78 is 20.0. The van der Waals surface area contributed by atoms with Crippen molar-refractivity contribution in [3.63, 3.8) is 0 Å². The summed E-state index contributed by atoms with van der Waals surface area (Å²) in [5, 5.41) is 15.2. The number of tetrazole rings is 1. The molecule has 158 valence electrons. The summed E-state index contributed by atoms with van der Waals surface area (Å²) >= 11 is 0. The number of pyridine rings is 1. The minimum absolute atomic E-state index is 0.304. The normalized spacial score (nSPS) is 11.1. The number of ether oxygens (including phenoxy) is 1. The highest BCUT2D eigenvalue weighted by atomic mass is 19.1. The molecule has 1 N–H and O–H groups in total. The molecule has 0 radical (unpaired) electrons. The van der Waals surface area contributed by atoms with E-state index in [9.17, 15) is 4.39 Å². The molecular formula is C25H20FN5O. The van der Waals surface area contributed by atoms with Crippen molar-refractivity contribution in [2.75, 3.05) is 0 Å². The van der Waals surface area contributed by atoms with E-state index in [4.69, 9.17) is 4.74 Å². The molecule has 32 heavy (non-hydrogen) atoms. The molecule has 0 saturated heterocycles. The maximum absolute atomic E-state index is 13.9. The minimum atomic E-state index is -0.319. The zero-order valence-corrected chi connectivity index (χ0v) is 17.4. The van der Waals surface area contributed by atoms with E-state index in [1.54, 1.807) is 6.07 Å². The number of rotatable bonds is 6. The van der Waals surface area contributed by atoms with Crippen LogP contribution in [0.3, 0.4) is 0 Å². The van der Waals surface area contributed by atoms with E-state index in [2.05, 4.69) is 25.6 Å². The van der Waals surface area contributed by atoms with Gasteiger partial charge in [-0.3, -0.25) is 4.98 Å². The second-order valence-corrected chi connectivity index (χ2v) is 7.40. The number of H-pyrrole nitrogens is 1. The van der Waals surface area contributed by atoms with E-state index >= 15 is 0 Å². The predicted octanol–water partition coefficient (Wildman–Crippen LogP) is 5.36. The van der Waals surface area contributed by atoms with Gasteiger partial charge >= 0.3 is 0 Å². The lowest BCUT2D eigenvalue weighted by Gasteiger charge is -2.13. The molecule has 0 amide bonds. The largest absolute Gasteiger partial charge is 0.488 e. The zero-order valence-electron chi connectivity index (χ0n) is 17.4. The highest BCUT2D eigenvalue weighted by molar-refractivity contribution is 5.85. The Balaban J connectivity index is 1.51. The Hall–Kier alpha value is -4.13. The van der Waals surface area contributed by atoms with Gasteiger partial charge in [0.25, 0.3) is 0 Å². The molecular weight excluding hydrogens is 405 g/mol. The SMILES string of the molecule is CCc1cc(OCc2ccc(-c3ccccc3)c(-c3nn[nH]n3)c2)c2cc(F)ccc2n1. The van der Waals surface area contributed by atoms with Crippen LogP contribution in [0.2, 0.25) is 0 Å². The van der Waals surface area contributed by atoms with Crippen molar-refractivity contribution in [1.82, 2.24) is 25.6 Å². The zero-order chi connectivity index (χ0) is 21.9. The summed E-state index contributed by atoms with van der Waals surface area (Å²) in [5.74, 6) is 0.801. The first kappa shape index (κ1) is 19.8. The van der Waals surface area contributed by atoms with Crippen molar-refractivity contribution < 1.29 is 9.13 Å². The summed E-state index contributed by atoms with van der Waals surface area (Å²) in [6.07, 6.45) is 0.761. The number of hydrogen-bond acceptors (Lipinski definition) is 5. The van der Waals surface area contributed by atoms with Gasteiger partial charge in [0.2, 0.25) is 5.82 Å². The van der Waals surface area contributed by atoms with Gasteiger partial charge in [0.05, 0.1) is 5.52 Å². The molecule has 2 heterocycles. The highest BCUT2D eigenvalue weighted by Crippen LogP contribution is 2.32. The Bertz CT molecular complexity index is 1370. The Labute approximate surface area is 184 Å². The van der Waals surface area contributed by atoms with Gasteiger partial charge in [-0.05, 0) is 52.6 Å². The van der Waals surface area contributed by atoms with E-state index < -0.39 is 0 Å². The van der Waals surface area contributed by atoms with Gasteiger partial charge in [0.1, 0.15) is 18.2 Å². The summed E-state index contributed by atoms with van der Waals surface area (Å²) in [6, 6.07) is 22.5. The number of halogens is 1. The molecule has 0 fully saturated rings. The second kappa shape index (κ2) is 8.55. The number of nitrogens with one attached hydrogen (secondary N) is 1. The van der Waals surface area contributed by atoms with Crippen molar-refractivity contribution in [1.29, 1.82) is 0 Å². The fraction of sp³-hybridized carbons (Fsp3) is 0.120. The fourth-order valence-electron chi connectivity index (χ4n) is 3.69. The van der Waals surface area contributed by atoms with Crippen LogP contribution in [-0.4, -0.2) is 25.6 Å². The van der Waals surface area contributed by atoms with Crippen LogP contribution in [0.5, 0.6) is 5.75 Å². The monoisotopic (exact) mass is 425 g/mol. The number of hydrogen-bond donors (Lipinski definition) is 1. The average molecular weight is 425 g/mol. The Morgan fingerprint density at radius 2 is 1.81 bits per heavy atom. The third-order valence-electron chi connectivity index (χ3n) is 5.30. The number of benzene rings is 3. The quantitative estimate of drug-likeness (QED) is 0.396. The lowest BCUT2D eigenvalue weighted by molar-refractivity contribution is 0.309. The van der Waals surface area contributed by atoms with Gasteiger partial charge < -0.3 is 4.74 Å². The average Bonchev–Trinajstić information content (AvgIpc) is 3.38. The van der Waals surface area contributed by atoms with E-state index in [0.717, 1.165) is 34.4 Å². The van der Waals surface area contributed by atoms with E-state index in [1.165, 1.54) is 12.1 Å². The smallest absolute Gasteiger partial charge is 0.205 e. The van der Waals surface area contributed by atoms with Crippen molar-refractivity contribution in [3.05, 3.63) is 89.9 Å². The maximum atomic E-state index is 13.9. The van der Waals surface area contributed by atoms with Crippen molar-refractivity contribution in [2.24, 2.45) is 0 Å². The Morgan fingerprint density at radius 1 is 0.938 bits per heavy atom. The van der Waals surface area contributed by atoms with Crippen LogP contribution in [0.4, 0.5) is 4.39 Å². The number of aromatic amines is 1. The molecule has 3 aromatic carbocycles. The van der Waals surface area contributed by atoms with Crippen molar-refractivity contribution in [3.8, 4) is 28.3 Å². The van der Waals surface area contributed by atoms with E-state index in [-0.39, 0.29) is 5.82 Å². The van der Waals surface area contributed by atoms with Crippen molar-refractivity contribution in [2.45, 2.75) is 20.0 Å². The summed E-state index contributed by atoms with van der Waals surface area (Å²) in [4.78, 5) is 4.57. The first-order chi connectivity index (χ1) is 15.7. The lowest BCUT2D eigenvalue weighted by atomic mass is 9.97. The third-order valence-corrected chi connectivity index (χ3v) is 5.30. The van der Waals surface area contributed by atoms with Crippen LogP contribution in [0.1, 0.15) is 18.2 Å². The van der Waals surface area contributed by atoms with Crippen LogP contribution in [0, 0.1) is 5.82 Å². The third kappa shape index (κ3) is 3.92. The number of nitrogens with zero attached hydrogens (tertiary/aromatic N) is 4. The summed E-state index contributed by atoms with van der Waals surface area (Å²) in [6.45, 7) is 2.33. The molecule has 2 aromatic heterocycles. The minimum Gasteiger partial charge on any atom is -0.488 e. The van der Waals surface area contributed by atoms with Gasteiger partial charge in [0.15, 0.2) is 0 Å². The standard InChI is InChI=1S/C25H20FN5O/c1-2-19-14-24(22-13-18(26)9-11-23(22)27-19)32-15-16-8-10-20(17-6-4-3-5-7-17)21(12-16)25-28-30-31-29-25/h3-14H,2,15H2,1H3,(H,28,29,30,31). The molecule has 5 rings (SSSR count). The summed E-state index contributed by atoms with van der Waals surface area (Å²) in [7, 11) is 0. The molecule has 6 nitrogen and oxygen atoms in total. The fourth-order valence-corrected chi connectivity index (χ4v) is 3.69. The topological polar surface area (TPSA) is 76.6 Å². The predicted molar refractivity (Wildman–Crippen MR) is 120 cm³/mol. The maximum Gasteiger partial charge on any atom is 0.205 e. The molecule has 0 bridgehead atoms. The first-order valence-corrected chi connectivity index (χ1v) is 10.4. The van der Waals surface area contributed by atoms with Gasteiger partial charge in [-0.15, -0.1) is 10.2 Å². The molecule has 0 atom stereocenters. The lowest BCUT2D eigenvalue weighted by Crippen LogP contribution is -2.00. The molecule has 5 aromatic rings. The van der Waals surface area contributed by atoms with Crippen LogP contribution >= 0.6 is 0 Å². The number of fused-ring (bicyclic) bond motifs is 1. The van der Waals surface area contributed by atoms with Gasteiger partial charge in [-0.1, -0.05) is 49.4 Å². The van der Waals surface area contributed by atoms with Gasteiger partial charge in [-0.2, -0.15) is 5.21 Å². The highest BCUT2D eigenvalue weighted by Gasteiger charge is 2.14.